The summed E-state index contributed by atoms with van der Waals surface area (Å²) < 4.78 is 41.9. The molecule has 0 heterocycles. The number of rotatable bonds is 2. The van der Waals surface area contributed by atoms with E-state index in [2.05, 4.69) is 0 Å². The number of hydrogen-bond acceptors (Lipinski definition) is 1. The van der Waals surface area contributed by atoms with Crippen LogP contribution in [0.4, 0.5) is 13.2 Å². The lowest BCUT2D eigenvalue weighted by molar-refractivity contribution is 0.589. The Morgan fingerprint density at radius 2 is 1.30 bits per heavy atom. The number of benzene rings is 3. The van der Waals surface area contributed by atoms with Crippen LogP contribution in [0.25, 0.3) is 22.3 Å². The Morgan fingerprint density at radius 1 is 0.696 bits per heavy atom. The molecule has 3 aromatic rings. The van der Waals surface area contributed by atoms with Crippen molar-refractivity contribution in [2.75, 3.05) is 0 Å². The summed E-state index contributed by atoms with van der Waals surface area (Å²) in [6.45, 7) is 0. The van der Waals surface area contributed by atoms with E-state index < -0.39 is 17.5 Å². The smallest absolute Gasteiger partial charge is 0.133 e. The molecule has 0 aliphatic carbocycles. The van der Waals surface area contributed by atoms with E-state index in [1.54, 1.807) is 24.3 Å². The zero-order valence-electron chi connectivity index (χ0n) is 11.9. The Morgan fingerprint density at radius 3 is 1.87 bits per heavy atom. The highest BCUT2D eigenvalue weighted by Crippen LogP contribution is 2.31. The van der Waals surface area contributed by atoms with Crippen LogP contribution in [0.2, 0.25) is 0 Å². The summed E-state index contributed by atoms with van der Waals surface area (Å²) in [5, 5.41) is 8.77. The summed E-state index contributed by atoms with van der Waals surface area (Å²) in [7, 11) is 0. The fraction of sp³-hybridized carbons (Fsp3) is 0. The minimum absolute atomic E-state index is 0.135. The maximum atomic E-state index is 14.4. The highest BCUT2D eigenvalue weighted by atomic mass is 19.1. The average Bonchev–Trinajstić information content (AvgIpc) is 2.55. The molecule has 0 aliphatic rings. The normalized spacial score (nSPS) is 10.3. The molecule has 0 fully saturated rings. The summed E-state index contributed by atoms with van der Waals surface area (Å²) >= 11 is 0. The van der Waals surface area contributed by atoms with E-state index in [1.165, 1.54) is 18.2 Å². The van der Waals surface area contributed by atoms with Crippen molar-refractivity contribution in [1.82, 2.24) is 0 Å². The van der Waals surface area contributed by atoms with Crippen LogP contribution in [0.3, 0.4) is 0 Å². The van der Waals surface area contributed by atoms with Gasteiger partial charge in [-0.25, -0.2) is 13.2 Å². The molecule has 3 rings (SSSR count). The van der Waals surface area contributed by atoms with Crippen LogP contribution in [0.5, 0.6) is 0 Å². The zero-order valence-corrected chi connectivity index (χ0v) is 11.9. The average molecular weight is 309 g/mol. The maximum Gasteiger partial charge on any atom is 0.133 e. The minimum Gasteiger partial charge on any atom is -0.206 e. The first kappa shape index (κ1) is 14.9. The van der Waals surface area contributed by atoms with Gasteiger partial charge in [0.1, 0.15) is 17.5 Å². The van der Waals surface area contributed by atoms with Crippen LogP contribution >= 0.6 is 0 Å². The number of nitrogens with zero attached hydrogens (tertiary/aromatic N) is 1. The molecule has 0 saturated heterocycles. The van der Waals surface area contributed by atoms with Gasteiger partial charge in [-0.05, 0) is 41.5 Å². The SMILES string of the molecule is N#Cc1ccc(-c2ccc(-c3c(F)cccc3F)cc2F)cc1. The second-order valence-electron chi connectivity index (χ2n) is 4.98. The first-order valence-corrected chi connectivity index (χ1v) is 6.84. The number of halogens is 3. The lowest BCUT2D eigenvalue weighted by atomic mass is 9.98. The molecule has 0 aliphatic heterocycles. The van der Waals surface area contributed by atoms with Crippen LogP contribution in [-0.2, 0) is 0 Å². The molecule has 0 spiro atoms. The molecule has 23 heavy (non-hydrogen) atoms. The van der Waals surface area contributed by atoms with Crippen molar-refractivity contribution >= 4 is 0 Å². The molecule has 0 aromatic heterocycles. The lowest BCUT2D eigenvalue weighted by Crippen LogP contribution is -1.92. The number of nitriles is 1. The van der Waals surface area contributed by atoms with Crippen molar-refractivity contribution < 1.29 is 13.2 Å². The highest BCUT2D eigenvalue weighted by Gasteiger charge is 2.13. The molecule has 0 bridgehead atoms. The van der Waals surface area contributed by atoms with Crippen molar-refractivity contribution in [2.24, 2.45) is 0 Å². The molecule has 0 radical (unpaired) electrons. The van der Waals surface area contributed by atoms with E-state index >= 15 is 0 Å². The maximum absolute atomic E-state index is 14.4. The first-order chi connectivity index (χ1) is 11.1. The van der Waals surface area contributed by atoms with Gasteiger partial charge in [0.15, 0.2) is 0 Å². The van der Waals surface area contributed by atoms with Gasteiger partial charge in [-0.1, -0.05) is 30.3 Å². The molecule has 4 heteroatoms. The zero-order chi connectivity index (χ0) is 16.4. The summed E-state index contributed by atoms with van der Waals surface area (Å²) in [5.74, 6) is -2.07. The predicted octanol–water partition coefficient (Wildman–Crippen LogP) is 5.31. The molecule has 0 amide bonds. The molecule has 1 nitrogen and oxygen atoms in total. The quantitative estimate of drug-likeness (QED) is 0.629. The Bertz CT molecular complexity index is 889. The van der Waals surface area contributed by atoms with Gasteiger partial charge in [-0.2, -0.15) is 5.26 Å². The monoisotopic (exact) mass is 309 g/mol. The van der Waals surface area contributed by atoms with E-state index in [0.29, 0.717) is 16.7 Å². The van der Waals surface area contributed by atoms with Gasteiger partial charge in [0, 0.05) is 5.56 Å². The van der Waals surface area contributed by atoms with E-state index in [9.17, 15) is 13.2 Å². The van der Waals surface area contributed by atoms with Gasteiger partial charge in [0.25, 0.3) is 0 Å². The van der Waals surface area contributed by atoms with Crippen LogP contribution in [0.15, 0.2) is 60.7 Å². The predicted molar refractivity (Wildman–Crippen MR) is 81.9 cm³/mol. The first-order valence-electron chi connectivity index (χ1n) is 6.84. The van der Waals surface area contributed by atoms with Gasteiger partial charge in [0.05, 0.1) is 17.2 Å². The lowest BCUT2D eigenvalue weighted by Gasteiger charge is -2.08. The molecule has 0 saturated carbocycles. The van der Waals surface area contributed by atoms with Gasteiger partial charge < -0.3 is 0 Å². The molecule has 0 unspecified atom stereocenters. The molecule has 0 atom stereocenters. The second kappa shape index (κ2) is 5.98. The molecular weight excluding hydrogens is 299 g/mol. The fourth-order valence-electron chi connectivity index (χ4n) is 2.40. The Balaban J connectivity index is 2.06. The van der Waals surface area contributed by atoms with Crippen molar-refractivity contribution in [3.8, 4) is 28.3 Å². The van der Waals surface area contributed by atoms with Gasteiger partial charge in [0.2, 0.25) is 0 Å². The van der Waals surface area contributed by atoms with Gasteiger partial charge >= 0.3 is 0 Å². The van der Waals surface area contributed by atoms with Crippen molar-refractivity contribution in [3.63, 3.8) is 0 Å². The molecule has 0 N–H and O–H groups in total. The topological polar surface area (TPSA) is 23.8 Å². The second-order valence-corrected chi connectivity index (χ2v) is 4.98. The summed E-state index contributed by atoms with van der Waals surface area (Å²) in [6, 6.07) is 16.0. The van der Waals surface area contributed by atoms with E-state index in [-0.39, 0.29) is 11.1 Å². The number of hydrogen-bond donors (Lipinski definition) is 0. The third-order valence-corrected chi connectivity index (χ3v) is 3.55. The van der Waals surface area contributed by atoms with E-state index in [1.807, 2.05) is 6.07 Å². The summed E-state index contributed by atoms with van der Waals surface area (Å²) in [4.78, 5) is 0. The molecule has 112 valence electrons. The van der Waals surface area contributed by atoms with E-state index in [4.69, 9.17) is 5.26 Å². The van der Waals surface area contributed by atoms with Gasteiger partial charge in [-0.3, -0.25) is 0 Å². The Hall–Kier alpha value is -3.06. The van der Waals surface area contributed by atoms with Crippen molar-refractivity contribution in [2.45, 2.75) is 0 Å². The van der Waals surface area contributed by atoms with Crippen LogP contribution in [0, 0.1) is 28.8 Å². The molecule has 3 aromatic carbocycles. The van der Waals surface area contributed by atoms with Crippen molar-refractivity contribution in [3.05, 3.63) is 83.7 Å². The highest BCUT2D eigenvalue weighted by molar-refractivity contribution is 5.72. The standard InChI is InChI=1S/C19H10F3N/c20-16-2-1-3-17(21)19(16)14-8-9-15(18(22)10-14)13-6-4-12(11-23)5-7-13/h1-10H. The minimum atomic E-state index is -0.740. The van der Waals surface area contributed by atoms with E-state index in [0.717, 1.165) is 18.2 Å². The van der Waals surface area contributed by atoms with Crippen LogP contribution < -0.4 is 0 Å². The Kier molecular flexibility index (Phi) is 3.86. The summed E-state index contributed by atoms with van der Waals surface area (Å²) in [6.07, 6.45) is 0. The Labute approximate surface area is 131 Å². The van der Waals surface area contributed by atoms with Crippen molar-refractivity contribution in [1.29, 1.82) is 5.26 Å². The van der Waals surface area contributed by atoms with Crippen LogP contribution in [-0.4, -0.2) is 0 Å². The molecular formula is C19H10F3N. The fourth-order valence-corrected chi connectivity index (χ4v) is 2.40. The third kappa shape index (κ3) is 2.82. The largest absolute Gasteiger partial charge is 0.206 e. The van der Waals surface area contributed by atoms with Crippen LogP contribution in [0.1, 0.15) is 5.56 Å². The third-order valence-electron chi connectivity index (χ3n) is 3.55. The van der Waals surface area contributed by atoms with Gasteiger partial charge in [-0.15, -0.1) is 0 Å². The summed E-state index contributed by atoms with van der Waals surface area (Å²) in [5.41, 5.74) is 1.24.